The van der Waals surface area contributed by atoms with Gasteiger partial charge in [-0.05, 0) is 49.3 Å². The van der Waals surface area contributed by atoms with Gasteiger partial charge in [0, 0.05) is 13.1 Å². The maximum absolute atomic E-state index is 13.2. The van der Waals surface area contributed by atoms with Gasteiger partial charge in [0.05, 0.1) is 5.75 Å². The Morgan fingerprint density at radius 3 is 2.77 bits per heavy atom. The Hall–Kier alpha value is -1.27. The first-order valence-electron chi connectivity index (χ1n) is 7.45. The number of hydrogen-bond acceptors (Lipinski definition) is 2. The van der Waals surface area contributed by atoms with Gasteiger partial charge in [0.25, 0.3) is 0 Å². The van der Waals surface area contributed by atoms with Crippen LogP contribution in [0.5, 0.6) is 0 Å². The molecule has 0 aromatic heterocycles. The lowest BCUT2D eigenvalue weighted by Crippen LogP contribution is -2.40. The molecule has 1 aliphatic heterocycles. The lowest BCUT2D eigenvalue weighted by Gasteiger charge is -2.31. The van der Waals surface area contributed by atoms with Crippen LogP contribution in [0.1, 0.15) is 24.8 Å². The van der Waals surface area contributed by atoms with Crippen molar-refractivity contribution in [1.29, 1.82) is 0 Å². The van der Waals surface area contributed by atoms with Crippen LogP contribution in [0, 0.1) is 17.6 Å². The van der Waals surface area contributed by atoms with Crippen LogP contribution >= 0.6 is 0 Å². The van der Waals surface area contributed by atoms with Crippen molar-refractivity contribution in [3.05, 3.63) is 48.1 Å². The molecule has 0 bridgehead atoms. The van der Waals surface area contributed by atoms with Gasteiger partial charge >= 0.3 is 0 Å². The van der Waals surface area contributed by atoms with E-state index in [0.29, 0.717) is 19.5 Å². The van der Waals surface area contributed by atoms with Gasteiger partial charge in [-0.25, -0.2) is 21.5 Å². The molecule has 0 aliphatic carbocycles. The number of nitrogens with zero attached hydrogens (tertiary/aromatic N) is 1. The van der Waals surface area contributed by atoms with Crippen molar-refractivity contribution >= 4 is 10.0 Å². The summed E-state index contributed by atoms with van der Waals surface area (Å²) in [5.74, 6) is -1.47. The third-order valence-corrected chi connectivity index (χ3v) is 5.80. The summed E-state index contributed by atoms with van der Waals surface area (Å²) in [7, 11) is -3.26. The fraction of sp³-hybridized carbons (Fsp3) is 0.500. The van der Waals surface area contributed by atoms with Gasteiger partial charge in [0.1, 0.15) is 0 Å². The van der Waals surface area contributed by atoms with E-state index in [-0.39, 0.29) is 11.7 Å². The molecule has 1 aromatic carbocycles. The minimum atomic E-state index is -3.26. The Bertz CT molecular complexity index is 631. The summed E-state index contributed by atoms with van der Waals surface area (Å²) < 4.78 is 51.7. The topological polar surface area (TPSA) is 37.4 Å². The standard InChI is InChI=1S/C16H21F2NO2S/c1-2-10-22(20,21)19-9-3-4-14(12-19)6-5-13-7-8-15(17)16(18)11-13/h2,7-8,11,14H,1,3-6,9-10,12H2/t14-/m0/s1. The van der Waals surface area contributed by atoms with E-state index in [4.69, 9.17) is 0 Å². The highest BCUT2D eigenvalue weighted by Crippen LogP contribution is 2.24. The molecule has 0 spiro atoms. The van der Waals surface area contributed by atoms with Gasteiger partial charge in [-0.15, -0.1) is 6.58 Å². The molecule has 1 aromatic rings. The van der Waals surface area contributed by atoms with E-state index in [0.717, 1.165) is 30.9 Å². The highest BCUT2D eigenvalue weighted by Gasteiger charge is 2.27. The number of benzene rings is 1. The second-order valence-corrected chi connectivity index (χ2v) is 7.73. The van der Waals surface area contributed by atoms with Gasteiger partial charge in [-0.1, -0.05) is 12.1 Å². The molecule has 1 atom stereocenters. The highest BCUT2D eigenvalue weighted by atomic mass is 32.2. The van der Waals surface area contributed by atoms with E-state index in [1.54, 1.807) is 6.07 Å². The molecular weight excluding hydrogens is 308 g/mol. The van der Waals surface area contributed by atoms with Crippen molar-refractivity contribution in [3.63, 3.8) is 0 Å². The van der Waals surface area contributed by atoms with Crippen LogP contribution < -0.4 is 0 Å². The van der Waals surface area contributed by atoms with Crippen molar-refractivity contribution in [1.82, 2.24) is 4.31 Å². The number of halogens is 2. The van der Waals surface area contributed by atoms with Gasteiger partial charge in [-0.2, -0.15) is 0 Å². The third-order valence-electron chi connectivity index (χ3n) is 4.03. The molecule has 1 saturated heterocycles. The number of piperidine rings is 1. The van der Waals surface area contributed by atoms with Crippen LogP contribution in [-0.4, -0.2) is 31.6 Å². The third kappa shape index (κ3) is 4.36. The molecule has 0 radical (unpaired) electrons. The van der Waals surface area contributed by atoms with E-state index in [9.17, 15) is 17.2 Å². The van der Waals surface area contributed by atoms with Crippen LogP contribution in [0.2, 0.25) is 0 Å². The van der Waals surface area contributed by atoms with E-state index in [1.807, 2.05) is 0 Å². The second kappa shape index (κ2) is 7.33. The predicted molar refractivity (Wildman–Crippen MR) is 83.0 cm³/mol. The van der Waals surface area contributed by atoms with Crippen LogP contribution in [0.4, 0.5) is 8.78 Å². The van der Waals surface area contributed by atoms with Crippen LogP contribution in [0.15, 0.2) is 30.9 Å². The summed E-state index contributed by atoms with van der Waals surface area (Å²) >= 11 is 0. The normalized spacial score (nSPS) is 20.0. The van der Waals surface area contributed by atoms with Crippen LogP contribution in [0.3, 0.4) is 0 Å². The van der Waals surface area contributed by atoms with E-state index < -0.39 is 21.7 Å². The van der Waals surface area contributed by atoms with Gasteiger partial charge in [0.2, 0.25) is 10.0 Å². The van der Waals surface area contributed by atoms with Gasteiger partial charge in [-0.3, -0.25) is 0 Å². The Balaban J connectivity index is 1.93. The summed E-state index contributed by atoms with van der Waals surface area (Å²) in [5.41, 5.74) is 0.741. The minimum Gasteiger partial charge on any atom is -0.212 e. The zero-order valence-electron chi connectivity index (χ0n) is 12.5. The average Bonchev–Trinajstić information content (AvgIpc) is 2.49. The van der Waals surface area contributed by atoms with Crippen molar-refractivity contribution in [2.75, 3.05) is 18.8 Å². The highest BCUT2D eigenvalue weighted by molar-refractivity contribution is 7.89. The van der Waals surface area contributed by atoms with Crippen LogP contribution in [-0.2, 0) is 16.4 Å². The number of hydrogen-bond donors (Lipinski definition) is 0. The largest absolute Gasteiger partial charge is 0.217 e. The van der Waals surface area contributed by atoms with E-state index >= 15 is 0 Å². The quantitative estimate of drug-likeness (QED) is 0.752. The van der Waals surface area contributed by atoms with Crippen molar-refractivity contribution in [2.45, 2.75) is 25.7 Å². The second-order valence-electron chi connectivity index (χ2n) is 5.72. The zero-order valence-corrected chi connectivity index (χ0v) is 13.3. The maximum atomic E-state index is 13.2. The molecule has 122 valence electrons. The lowest BCUT2D eigenvalue weighted by molar-refractivity contribution is 0.256. The summed E-state index contributed by atoms with van der Waals surface area (Å²) in [4.78, 5) is 0. The molecule has 3 nitrogen and oxygen atoms in total. The summed E-state index contributed by atoms with van der Waals surface area (Å²) in [6, 6.07) is 3.92. The maximum Gasteiger partial charge on any atom is 0.217 e. The fourth-order valence-corrected chi connectivity index (χ4v) is 4.19. The monoisotopic (exact) mass is 329 g/mol. The molecule has 0 N–H and O–H groups in total. The smallest absolute Gasteiger partial charge is 0.212 e. The SMILES string of the molecule is C=CCS(=O)(=O)N1CCC[C@@H](CCc2ccc(F)c(F)c2)C1. The lowest BCUT2D eigenvalue weighted by atomic mass is 9.93. The first-order valence-corrected chi connectivity index (χ1v) is 9.06. The molecule has 22 heavy (non-hydrogen) atoms. The molecular formula is C16H21F2NO2S. The fourth-order valence-electron chi connectivity index (χ4n) is 2.84. The van der Waals surface area contributed by atoms with Crippen molar-refractivity contribution < 1.29 is 17.2 Å². The predicted octanol–water partition coefficient (Wildman–Crippen LogP) is 3.13. The molecule has 1 fully saturated rings. The Labute approximate surface area is 130 Å². The van der Waals surface area contributed by atoms with Crippen LogP contribution in [0.25, 0.3) is 0 Å². The molecule has 1 heterocycles. The van der Waals surface area contributed by atoms with Crippen molar-refractivity contribution in [2.24, 2.45) is 5.92 Å². The molecule has 1 aliphatic rings. The first kappa shape index (κ1) is 17.1. The summed E-state index contributed by atoms with van der Waals surface area (Å²) in [6.07, 6.45) is 4.59. The summed E-state index contributed by atoms with van der Waals surface area (Å²) in [6.45, 7) is 4.53. The minimum absolute atomic E-state index is 0.0388. The number of rotatable bonds is 6. The summed E-state index contributed by atoms with van der Waals surface area (Å²) in [5, 5.41) is 0. The molecule has 0 saturated carbocycles. The Kier molecular flexibility index (Phi) is 5.69. The molecule has 6 heteroatoms. The van der Waals surface area contributed by atoms with Crippen molar-refractivity contribution in [3.8, 4) is 0 Å². The van der Waals surface area contributed by atoms with E-state index in [2.05, 4.69) is 6.58 Å². The Morgan fingerprint density at radius 1 is 1.32 bits per heavy atom. The average molecular weight is 329 g/mol. The Morgan fingerprint density at radius 2 is 2.09 bits per heavy atom. The number of aryl methyl sites for hydroxylation is 1. The molecule has 0 amide bonds. The zero-order chi connectivity index (χ0) is 16.2. The van der Waals surface area contributed by atoms with Gasteiger partial charge < -0.3 is 0 Å². The van der Waals surface area contributed by atoms with Gasteiger partial charge in [0.15, 0.2) is 11.6 Å². The first-order chi connectivity index (χ1) is 10.4. The molecule has 2 rings (SSSR count). The van der Waals surface area contributed by atoms with E-state index in [1.165, 1.54) is 16.4 Å². The number of sulfonamides is 1. The molecule has 0 unspecified atom stereocenters.